The molecule has 0 spiro atoms. The van der Waals surface area contributed by atoms with Crippen LogP contribution in [0.3, 0.4) is 0 Å². The zero-order valence-electron chi connectivity index (χ0n) is 11.1. The number of carbonyl (C=O) groups is 1. The first-order valence-corrected chi connectivity index (χ1v) is 8.01. The van der Waals surface area contributed by atoms with Gasteiger partial charge in [0.2, 0.25) is 0 Å². The zero-order chi connectivity index (χ0) is 13.8. The molecule has 19 heavy (non-hydrogen) atoms. The van der Waals surface area contributed by atoms with E-state index in [4.69, 9.17) is 11.6 Å². The van der Waals surface area contributed by atoms with Gasteiger partial charge in [-0.25, -0.2) is 0 Å². The van der Waals surface area contributed by atoms with Crippen LogP contribution in [0.2, 0.25) is 5.02 Å². The van der Waals surface area contributed by atoms with Crippen LogP contribution >= 0.6 is 27.5 Å². The van der Waals surface area contributed by atoms with Crippen LogP contribution < -0.4 is 5.32 Å². The van der Waals surface area contributed by atoms with Crippen molar-refractivity contribution < 1.29 is 4.79 Å². The minimum absolute atomic E-state index is 0.00360. The largest absolute Gasteiger partial charge is 0.349 e. The fourth-order valence-corrected chi connectivity index (χ4v) is 3.09. The predicted molar refractivity (Wildman–Crippen MR) is 82.7 cm³/mol. The number of carbonyl (C=O) groups excluding carboxylic acids is 1. The normalized spacial score (nSPS) is 23.7. The Morgan fingerprint density at radius 2 is 2.05 bits per heavy atom. The molecule has 1 aromatic rings. The van der Waals surface area contributed by atoms with E-state index in [1.54, 1.807) is 18.2 Å². The van der Waals surface area contributed by atoms with Gasteiger partial charge in [0.15, 0.2) is 0 Å². The van der Waals surface area contributed by atoms with E-state index >= 15 is 0 Å². The molecule has 1 saturated carbocycles. The quantitative estimate of drug-likeness (QED) is 0.767. The van der Waals surface area contributed by atoms with Crippen molar-refractivity contribution in [1.82, 2.24) is 5.32 Å². The Balaban J connectivity index is 2.05. The van der Waals surface area contributed by atoms with E-state index in [2.05, 4.69) is 28.2 Å². The second-order valence-corrected chi connectivity index (χ2v) is 6.59. The average molecular weight is 345 g/mol. The number of rotatable bonds is 2. The Hall–Kier alpha value is -0.540. The molecule has 0 aliphatic heterocycles. The number of amides is 1. The number of hydrogen-bond acceptors (Lipinski definition) is 1. The SMILES string of the molecule is CC1CCCCCC1NC(=O)c1ccc(Cl)c(Br)c1. The van der Waals surface area contributed by atoms with Gasteiger partial charge < -0.3 is 5.32 Å². The zero-order valence-corrected chi connectivity index (χ0v) is 13.4. The van der Waals surface area contributed by atoms with E-state index in [-0.39, 0.29) is 5.91 Å². The Morgan fingerprint density at radius 1 is 1.32 bits per heavy atom. The van der Waals surface area contributed by atoms with Crippen LogP contribution in [0.25, 0.3) is 0 Å². The van der Waals surface area contributed by atoms with Gasteiger partial charge in [-0.05, 0) is 52.9 Å². The lowest BCUT2D eigenvalue weighted by Crippen LogP contribution is -2.38. The van der Waals surface area contributed by atoms with Gasteiger partial charge in [-0.1, -0.05) is 37.8 Å². The molecule has 1 N–H and O–H groups in total. The van der Waals surface area contributed by atoms with Gasteiger partial charge in [0.1, 0.15) is 0 Å². The molecule has 1 aromatic carbocycles. The highest BCUT2D eigenvalue weighted by Gasteiger charge is 2.22. The monoisotopic (exact) mass is 343 g/mol. The molecule has 0 heterocycles. The van der Waals surface area contributed by atoms with Crippen molar-refractivity contribution in [1.29, 1.82) is 0 Å². The molecule has 1 amide bonds. The van der Waals surface area contributed by atoms with Gasteiger partial charge in [0.25, 0.3) is 5.91 Å². The molecule has 0 aromatic heterocycles. The lowest BCUT2D eigenvalue weighted by molar-refractivity contribution is 0.0921. The molecule has 1 fully saturated rings. The van der Waals surface area contributed by atoms with Crippen molar-refractivity contribution in [2.24, 2.45) is 5.92 Å². The molecule has 0 saturated heterocycles. The topological polar surface area (TPSA) is 29.1 Å². The molecule has 1 aliphatic carbocycles. The number of halogens is 2. The van der Waals surface area contributed by atoms with Crippen LogP contribution in [0, 0.1) is 5.92 Å². The summed E-state index contributed by atoms with van der Waals surface area (Å²) in [5.74, 6) is 0.554. The van der Waals surface area contributed by atoms with Gasteiger partial charge in [-0.3, -0.25) is 4.79 Å². The molecule has 2 nitrogen and oxygen atoms in total. The minimum atomic E-state index is -0.00360. The first-order chi connectivity index (χ1) is 9.08. The summed E-state index contributed by atoms with van der Waals surface area (Å²) >= 11 is 9.30. The van der Waals surface area contributed by atoms with Crippen molar-refractivity contribution in [3.63, 3.8) is 0 Å². The van der Waals surface area contributed by atoms with Crippen LogP contribution in [-0.4, -0.2) is 11.9 Å². The summed E-state index contributed by atoms with van der Waals surface area (Å²) in [6.45, 7) is 2.23. The van der Waals surface area contributed by atoms with Crippen LogP contribution in [0.4, 0.5) is 0 Å². The maximum Gasteiger partial charge on any atom is 0.251 e. The van der Waals surface area contributed by atoms with Crippen molar-refractivity contribution in [3.8, 4) is 0 Å². The highest BCUT2D eigenvalue weighted by molar-refractivity contribution is 9.10. The van der Waals surface area contributed by atoms with E-state index in [0.717, 1.165) is 10.9 Å². The Morgan fingerprint density at radius 3 is 2.79 bits per heavy atom. The third kappa shape index (κ3) is 3.96. The molecular formula is C15H19BrClNO. The number of hydrogen-bond donors (Lipinski definition) is 1. The molecule has 2 unspecified atom stereocenters. The molecule has 2 rings (SSSR count). The Bertz CT molecular complexity index is 463. The van der Waals surface area contributed by atoms with Crippen LogP contribution in [0.15, 0.2) is 22.7 Å². The van der Waals surface area contributed by atoms with E-state index < -0.39 is 0 Å². The average Bonchev–Trinajstić information content (AvgIpc) is 2.58. The molecule has 4 heteroatoms. The fraction of sp³-hybridized carbons (Fsp3) is 0.533. The minimum Gasteiger partial charge on any atom is -0.349 e. The summed E-state index contributed by atoms with van der Waals surface area (Å²) < 4.78 is 0.760. The van der Waals surface area contributed by atoms with Gasteiger partial charge in [-0.15, -0.1) is 0 Å². The van der Waals surface area contributed by atoms with Crippen LogP contribution in [0.1, 0.15) is 49.4 Å². The van der Waals surface area contributed by atoms with Crippen LogP contribution in [-0.2, 0) is 0 Å². The summed E-state index contributed by atoms with van der Waals surface area (Å²) in [5, 5.41) is 3.79. The van der Waals surface area contributed by atoms with Crippen molar-refractivity contribution in [2.75, 3.05) is 0 Å². The van der Waals surface area contributed by atoms with E-state index in [9.17, 15) is 4.79 Å². The van der Waals surface area contributed by atoms with E-state index in [0.29, 0.717) is 22.5 Å². The third-order valence-electron chi connectivity index (χ3n) is 3.86. The molecule has 104 valence electrons. The standard InChI is InChI=1S/C15H19BrClNO/c1-10-5-3-2-4-6-14(10)18-15(19)11-7-8-13(17)12(16)9-11/h7-10,14H,2-6H2,1H3,(H,18,19). The lowest BCUT2D eigenvalue weighted by Gasteiger charge is -2.22. The first kappa shape index (κ1) is 14.9. The van der Waals surface area contributed by atoms with Crippen molar-refractivity contribution in [3.05, 3.63) is 33.3 Å². The highest BCUT2D eigenvalue weighted by atomic mass is 79.9. The highest BCUT2D eigenvalue weighted by Crippen LogP contribution is 2.25. The molecule has 1 aliphatic rings. The van der Waals surface area contributed by atoms with Crippen LogP contribution in [0.5, 0.6) is 0 Å². The number of nitrogens with one attached hydrogen (secondary N) is 1. The van der Waals surface area contributed by atoms with Gasteiger partial charge >= 0.3 is 0 Å². The molecule has 2 atom stereocenters. The summed E-state index contributed by atoms with van der Waals surface area (Å²) in [7, 11) is 0. The lowest BCUT2D eigenvalue weighted by atomic mass is 9.96. The van der Waals surface area contributed by atoms with Gasteiger partial charge in [0, 0.05) is 16.1 Å². The second kappa shape index (κ2) is 6.76. The van der Waals surface area contributed by atoms with Crippen molar-refractivity contribution in [2.45, 2.75) is 45.1 Å². The summed E-state index contributed by atoms with van der Waals surface area (Å²) in [5.41, 5.74) is 0.660. The summed E-state index contributed by atoms with van der Waals surface area (Å²) in [6.07, 6.45) is 6.06. The fourth-order valence-electron chi connectivity index (χ4n) is 2.60. The smallest absolute Gasteiger partial charge is 0.251 e. The second-order valence-electron chi connectivity index (χ2n) is 5.32. The summed E-state index contributed by atoms with van der Waals surface area (Å²) in [6, 6.07) is 5.59. The Labute approximate surface area is 128 Å². The summed E-state index contributed by atoms with van der Waals surface area (Å²) in [4.78, 5) is 12.3. The Kier molecular flexibility index (Phi) is 5.28. The molecular weight excluding hydrogens is 326 g/mol. The molecule has 0 radical (unpaired) electrons. The predicted octanol–water partition coefficient (Wildman–Crippen LogP) is 4.80. The maximum atomic E-state index is 12.3. The first-order valence-electron chi connectivity index (χ1n) is 6.84. The third-order valence-corrected chi connectivity index (χ3v) is 5.07. The number of benzene rings is 1. The van der Waals surface area contributed by atoms with E-state index in [1.807, 2.05) is 0 Å². The van der Waals surface area contributed by atoms with Gasteiger partial charge in [0.05, 0.1) is 5.02 Å². The van der Waals surface area contributed by atoms with Gasteiger partial charge in [-0.2, -0.15) is 0 Å². The molecule has 0 bridgehead atoms. The van der Waals surface area contributed by atoms with E-state index in [1.165, 1.54) is 25.7 Å². The van der Waals surface area contributed by atoms with Crippen molar-refractivity contribution >= 4 is 33.4 Å². The maximum absolute atomic E-state index is 12.3.